The summed E-state index contributed by atoms with van der Waals surface area (Å²) >= 11 is 0. The summed E-state index contributed by atoms with van der Waals surface area (Å²) in [5, 5.41) is 39.1. The molecule has 1 aromatic carbocycles. The van der Waals surface area contributed by atoms with E-state index in [-0.39, 0.29) is 30.2 Å². The minimum atomic E-state index is -0.427. The van der Waals surface area contributed by atoms with Gasteiger partial charge in [0.15, 0.2) is 17.7 Å². The van der Waals surface area contributed by atoms with Crippen molar-refractivity contribution in [1.82, 2.24) is 25.3 Å². The van der Waals surface area contributed by atoms with Crippen molar-refractivity contribution in [3.8, 4) is 5.75 Å². The molecule has 0 radical (unpaired) electrons. The summed E-state index contributed by atoms with van der Waals surface area (Å²) < 4.78 is 9.86. The van der Waals surface area contributed by atoms with E-state index in [1.165, 1.54) is 6.42 Å². The average molecular weight is 647 g/mol. The molecule has 47 heavy (non-hydrogen) atoms. The fourth-order valence-corrected chi connectivity index (χ4v) is 6.16. The number of rotatable bonds is 10. The Labute approximate surface area is 276 Å². The number of fused-ring (bicyclic) bond motifs is 1. The molecule has 13 heteroatoms. The number of benzene rings is 1. The summed E-state index contributed by atoms with van der Waals surface area (Å²) in [5.74, 6) is 1.48. The maximum absolute atomic E-state index is 13.5. The number of urea groups is 1. The molecule has 0 bridgehead atoms. The number of aliphatic hydroxyl groups excluding tert-OH is 1. The number of carbonyl (C=O) groups is 1. The Bertz CT molecular complexity index is 1560. The number of anilines is 1. The largest absolute Gasteiger partial charge is 0.483 e. The van der Waals surface area contributed by atoms with Crippen molar-refractivity contribution in [2.45, 2.75) is 84.2 Å². The van der Waals surface area contributed by atoms with E-state index in [1.54, 1.807) is 27.7 Å². The first-order valence-electron chi connectivity index (χ1n) is 16.6. The van der Waals surface area contributed by atoms with Crippen LogP contribution in [0.1, 0.15) is 82.6 Å². The Morgan fingerprint density at radius 3 is 2.62 bits per heavy atom. The standard InChI is InChI=1S/C34H48N10O3/c1-34(2,3)29(35)19-31(39-23-20-38-43(21-23)17-18-45)41-33(46)40-27-12-13-28(26-10-6-5-9-25(26)27)47-24-11-14-30(36)44(22-24)32(37)42-15-7-4-8-16-42/h5-6,9-11,14,20-22,27-28,31,35-37,39,45H,4,7-8,12-13,15-19H2,1-3H3,(H2,40,41,46)/p+2. The Kier molecular flexibility index (Phi) is 10.8. The smallest absolute Gasteiger partial charge is 0.346 e. The van der Waals surface area contributed by atoms with Crippen molar-refractivity contribution in [2.24, 2.45) is 5.41 Å². The van der Waals surface area contributed by atoms with Crippen molar-refractivity contribution in [3.05, 3.63) is 66.1 Å². The zero-order chi connectivity index (χ0) is 33.6. The molecule has 0 saturated carbocycles. The number of aromatic nitrogens is 3. The number of nitrogen functional groups attached to an aromatic ring is 1. The van der Waals surface area contributed by atoms with Crippen LogP contribution in [-0.4, -0.2) is 63.4 Å². The quantitative estimate of drug-likeness (QED) is 0.0768. The minimum Gasteiger partial charge on any atom is -0.483 e. The predicted octanol–water partition coefficient (Wildman–Crippen LogP) is 2.95. The number of likely N-dealkylation sites (tertiary alicyclic amines) is 1. The highest BCUT2D eigenvalue weighted by Crippen LogP contribution is 2.38. The van der Waals surface area contributed by atoms with E-state index in [0.717, 1.165) is 42.7 Å². The molecule has 3 heterocycles. The van der Waals surface area contributed by atoms with Crippen molar-refractivity contribution in [1.29, 1.82) is 10.8 Å². The van der Waals surface area contributed by atoms with Gasteiger partial charge in [-0.3, -0.25) is 20.2 Å². The molecule has 1 fully saturated rings. The molecule has 1 saturated heterocycles. The minimum absolute atomic E-state index is 0.0158. The zero-order valence-electron chi connectivity index (χ0n) is 27.7. The molecule has 9 N–H and O–H groups in total. The van der Waals surface area contributed by atoms with Crippen LogP contribution in [0, 0.1) is 16.2 Å². The molecular formula is C34H50N10O3+2. The van der Waals surface area contributed by atoms with Gasteiger partial charge in [-0.15, -0.1) is 0 Å². The predicted molar refractivity (Wildman–Crippen MR) is 180 cm³/mol. The maximum Gasteiger partial charge on any atom is 0.346 e. The van der Waals surface area contributed by atoms with E-state index in [1.807, 2.05) is 62.6 Å². The number of ether oxygens (including phenoxy) is 1. The van der Waals surface area contributed by atoms with E-state index in [9.17, 15) is 9.90 Å². The molecule has 3 unspecified atom stereocenters. The van der Waals surface area contributed by atoms with Gasteiger partial charge in [-0.05, 0) is 54.7 Å². The number of carbonyl (C=O) groups excluding carboxylic acids is 1. The van der Waals surface area contributed by atoms with Gasteiger partial charge in [0, 0.05) is 11.8 Å². The molecule has 0 spiro atoms. The molecule has 2 aliphatic rings. The fourth-order valence-electron chi connectivity index (χ4n) is 6.16. The lowest BCUT2D eigenvalue weighted by molar-refractivity contribution is -0.613. The van der Waals surface area contributed by atoms with E-state index < -0.39 is 6.17 Å². The number of aliphatic hydroxyl groups is 1. The van der Waals surface area contributed by atoms with Crippen LogP contribution < -0.4 is 31.0 Å². The number of nitrogens with one attached hydrogen (secondary N) is 4. The second-order valence-corrected chi connectivity index (χ2v) is 13.5. The Balaban J connectivity index is 1.27. The zero-order valence-corrected chi connectivity index (χ0v) is 27.7. The summed E-state index contributed by atoms with van der Waals surface area (Å²) in [6.07, 6.45) is 9.70. The van der Waals surface area contributed by atoms with E-state index >= 15 is 0 Å². The lowest BCUT2D eigenvalue weighted by atomic mass is 9.85. The Hall–Kier alpha value is -4.49. The third-order valence-electron chi connectivity index (χ3n) is 8.88. The highest BCUT2D eigenvalue weighted by atomic mass is 16.5. The fraction of sp³-hybridized carbons (Fsp3) is 0.500. The number of nitrogens with zero attached hydrogens (tertiary/aromatic N) is 4. The number of piperidine rings is 1. The first-order chi connectivity index (χ1) is 22.5. The number of nitrogens with two attached hydrogens (primary N) is 2. The van der Waals surface area contributed by atoms with E-state index in [0.29, 0.717) is 49.0 Å². The second-order valence-electron chi connectivity index (χ2n) is 13.5. The van der Waals surface area contributed by atoms with Crippen LogP contribution in [0.4, 0.5) is 16.3 Å². The molecule has 1 aliphatic carbocycles. The molecule has 5 rings (SSSR count). The lowest BCUT2D eigenvalue weighted by Gasteiger charge is -2.32. The van der Waals surface area contributed by atoms with Gasteiger partial charge in [-0.2, -0.15) is 15.1 Å². The highest BCUT2D eigenvalue weighted by Gasteiger charge is 2.32. The van der Waals surface area contributed by atoms with Crippen molar-refractivity contribution < 1.29 is 24.5 Å². The van der Waals surface area contributed by atoms with Gasteiger partial charge in [0.1, 0.15) is 24.2 Å². The van der Waals surface area contributed by atoms with Gasteiger partial charge in [-0.25, -0.2) is 4.79 Å². The molecule has 1 aliphatic heterocycles. The van der Waals surface area contributed by atoms with E-state index in [2.05, 4.69) is 20.6 Å². The lowest BCUT2D eigenvalue weighted by Crippen LogP contribution is -2.89. The van der Waals surface area contributed by atoms with Crippen molar-refractivity contribution in [2.75, 3.05) is 25.4 Å². The van der Waals surface area contributed by atoms with E-state index in [4.69, 9.17) is 21.3 Å². The summed E-state index contributed by atoms with van der Waals surface area (Å²) in [6.45, 7) is 8.04. The van der Waals surface area contributed by atoms with Crippen LogP contribution in [0.2, 0.25) is 0 Å². The first kappa shape index (κ1) is 33.9. The van der Waals surface area contributed by atoms with Crippen LogP contribution >= 0.6 is 0 Å². The summed E-state index contributed by atoms with van der Waals surface area (Å²) in [7, 11) is 0. The molecule has 2 amide bonds. The maximum atomic E-state index is 13.5. The molecule has 3 aromatic rings. The molecular weight excluding hydrogens is 596 g/mol. The Morgan fingerprint density at radius 2 is 1.89 bits per heavy atom. The third-order valence-corrected chi connectivity index (χ3v) is 8.88. The van der Waals surface area contributed by atoms with Gasteiger partial charge in [0.2, 0.25) is 0 Å². The SMILES string of the molecule is CC(C)(C)C(=N)CC(NC(=O)NC1CCC(Oc2ccc(N)[n+](C(=N)N3CCCCC3)c2)c2ccccc21)[NH2+]c1cnn(CCO)c1. The van der Waals surface area contributed by atoms with Crippen LogP contribution in [0.3, 0.4) is 0 Å². The average Bonchev–Trinajstić information content (AvgIpc) is 3.49. The topological polar surface area (TPSA) is 186 Å². The number of quaternary nitrogens is 1. The van der Waals surface area contributed by atoms with Crippen molar-refractivity contribution >= 4 is 29.2 Å². The van der Waals surface area contributed by atoms with Crippen LogP contribution in [0.15, 0.2) is 55.0 Å². The Morgan fingerprint density at radius 1 is 1.15 bits per heavy atom. The van der Waals surface area contributed by atoms with Crippen LogP contribution in [-0.2, 0) is 6.54 Å². The van der Waals surface area contributed by atoms with Gasteiger partial charge in [0.25, 0.3) is 0 Å². The highest BCUT2D eigenvalue weighted by molar-refractivity contribution is 5.87. The third kappa shape index (κ3) is 8.66. The molecule has 2 aromatic heterocycles. The summed E-state index contributed by atoms with van der Waals surface area (Å²) in [4.78, 5) is 15.5. The normalized spacial score (nSPS) is 18.6. The number of hydrogen-bond donors (Lipinski definition) is 7. The van der Waals surface area contributed by atoms with Gasteiger partial charge >= 0.3 is 12.0 Å². The molecule has 252 valence electrons. The molecule has 13 nitrogen and oxygen atoms in total. The van der Waals surface area contributed by atoms with Crippen molar-refractivity contribution in [3.63, 3.8) is 0 Å². The summed E-state index contributed by atoms with van der Waals surface area (Å²) in [5.41, 5.74) is 9.28. The number of hydrogen-bond acceptors (Lipinski definition) is 7. The number of amides is 2. The van der Waals surface area contributed by atoms with Gasteiger partial charge in [0.05, 0.1) is 44.9 Å². The summed E-state index contributed by atoms with van der Waals surface area (Å²) in [6, 6.07) is 11.1. The van der Waals surface area contributed by atoms with Crippen LogP contribution in [0.5, 0.6) is 5.75 Å². The monoisotopic (exact) mass is 646 g/mol. The van der Waals surface area contributed by atoms with Gasteiger partial charge < -0.3 is 26.3 Å². The second kappa shape index (κ2) is 14.9. The number of pyridine rings is 1. The van der Waals surface area contributed by atoms with Gasteiger partial charge in [-0.1, -0.05) is 45.0 Å². The van der Waals surface area contributed by atoms with Crippen LogP contribution in [0.25, 0.3) is 0 Å². The first-order valence-corrected chi connectivity index (χ1v) is 16.6. The molecule has 3 atom stereocenters.